The Morgan fingerprint density at radius 2 is 2.23 bits per heavy atom. The lowest BCUT2D eigenvalue weighted by Gasteiger charge is -2.26. The molecule has 0 saturated carbocycles. The van der Waals surface area contributed by atoms with E-state index in [2.05, 4.69) is 34.8 Å². The first-order chi connectivity index (χ1) is 10.6. The maximum atomic E-state index is 9.30. The first kappa shape index (κ1) is 14.8. The second-order valence-corrected chi connectivity index (χ2v) is 6.20. The Morgan fingerprint density at radius 1 is 1.45 bits per heavy atom. The van der Waals surface area contributed by atoms with Crippen LogP contribution in [-0.2, 0) is 13.0 Å². The molecule has 0 bridgehead atoms. The van der Waals surface area contributed by atoms with Gasteiger partial charge in [-0.1, -0.05) is 6.92 Å². The van der Waals surface area contributed by atoms with Gasteiger partial charge < -0.3 is 9.80 Å². The second-order valence-electron chi connectivity index (χ2n) is 6.20. The zero-order chi connectivity index (χ0) is 15.9. The molecular weight excluding hydrogens is 276 g/mol. The summed E-state index contributed by atoms with van der Waals surface area (Å²) in [6, 6.07) is 2.65. The fraction of sp³-hybridized carbons (Fsp3) is 0.562. The van der Waals surface area contributed by atoms with Gasteiger partial charge in [-0.25, -0.2) is 4.98 Å². The van der Waals surface area contributed by atoms with E-state index in [1.54, 1.807) is 6.20 Å². The number of fused-ring (bicyclic) bond motifs is 3. The number of rotatable bonds is 4. The molecule has 0 fully saturated rings. The van der Waals surface area contributed by atoms with Crippen molar-refractivity contribution < 1.29 is 0 Å². The van der Waals surface area contributed by atoms with Crippen LogP contribution in [0.4, 0.5) is 5.82 Å². The molecule has 1 aliphatic rings. The Labute approximate surface area is 131 Å². The molecule has 3 heterocycles. The van der Waals surface area contributed by atoms with Crippen molar-refractivity contribution in [3.8, 4) is 6.07 Å². The van der Waals surface area contributed by atoms with Crippen molar-refractivity contribution in [2.75, 3.05) is 25.5 Å². The fourth-order valence-corrected chi connectivity index (χ4v) is 3.10. The van der Waals surface area contributed by atoms with Crippen molar-refractivity contribution in [3.05, 3.63) is 23.0 Å². The Hall–Kier alpha value is -2.13. The molecule has 0 aromatic carbocycles. The van der Waals surface area contributed by atoms with E-state index in [1.807, 2.05) is 18.6 Å². The van der Waals surface area contributed by atoms with Gasteiger partial charge in [0.15, 0.2) is 5.65 Å². The predicted molar refractivity (Wildman–Crippen MR) is 85.9 cm³/mol. The fourth-order valence-electron chi connectivity index (χ4n) is 3.10. The highest BCUT2D eigenvalue weighted by atomic mass is 15.4. The molecule has 0 aliphatic carbocycles. The molecule has 0 N–H and O–H groups in total. The minimum atomic E-state index is 0.453. The topological polar surface area (TPSA) is 60.5 Å². The summed E-state index contributed by atoms with van der Waals surface area (Å²) in [7, 11) is 4.09. The third kappa shape index (κ3) is 2.22. The van der Waals surface area contributed by atoms with Crippen LogP contribution in [0.2, 0.25) is 0 Å². The largest absolute Gasteiger partial charge is 0.353 e. The molecule has 6 nitrogen and oxygen atoms in total. The number of anilines is 1. The first-order valence-electron chi connectivity index (χ1n) is 7.77. The van der Waals surface area contributed by atoms with Crippen LogP contribution in [-0.4, -0.2) is 46.2 Å². The van der Waals surface area contributed by atoms with Crippen molar-refractivity contribution in [2.45, 2.75) is 39.3 Å². The smallest absolute Gasteiger partial charge is 0.175 e. The quantitative estimate of drug-likeness (QED) is 0.861. The Bertz CT molecular complexity index is 739. The van der Waals surface area contributed by atoms with Crippen LogP contribution in [0.1, 0.15) is 37.1 Å². The van der Waals surface area contributed by atoms with Gasteiger partial charge in [-0.3, -0.25) is 0 Å². The monoisotopic (exact) mass is 298 g/mol. The zero-order valence-corrected chi connectivity index (χ0v) is 13.7. The average molecular weight is 298 g/mol. The van der Waals surface area contributed by atoms with E-state index in [1.165, 1.54) is 5.56 Å². The summed E-state index contributed by atoms with van der Waals surface area (Å²) in [5.41, 5.74) is 3.55. The number of hydrogen-bond donors (Lipinski definition) is 0. The van der Waals surface area contributed by atoms with Crippen molar-refractivity contribution in [3.63, 3.8) is 0 Å². The van der Waals surface area contributed by atoms with Gasteiger partial charge in [-0.15, -0.1) is 0 Å². The summed E-state index contributed by atoms with van der Waals surface area (Å²) in [4.78, 5) is 9.27. The normalized spacial score (nSPS) is 15.4. The van der Waals surface area contributed by atoms with Gasteiger partial charge >= 0.3 is 0 Å². The standard InChI is InChI=1S/C16H22N6/c1-5-11(2)21-7-6-13-14(10-20(3)4)19-15-12(8-17)9-18-22(15)16(13)21/h9,11H,5-7,10H2,1-4H3. The lowest BCUT2D eigenvalue weighted by Crippen LogP contribution is -2.32. The first-order valence-corrected chi connectivity index (χ1v) is 7.77. The van der Waals surface area contributed by atoms with Gasteiger partial charge in [0.1, 0.15) is 17.5 Å². The second kappa shape index (κ2) is 5.58. The molecule has 3 rings (SSSR count). The van der Waals surface area contributed by atoms with E-state index >= 15 is 0 Å². The SMILES string of the molecule is CCC(C)N1CCc2c(CN(C)C)nc3c(C#N)cnn3c21. The highest BCUT2D eigenvalue weighted by Gasteiger charge is 2.30. The van der Waals surface area contributed by atoms with E-state index in [-0.39, 0.29) is 0 Å². The highest BCUT2D eigenvalue weighted by Crippen LogP contribution is 2.33. The van der Waals surface area contributed by atoms with Gasteiger partial charge in [-0.05, 0) is 33.9 Å². The zero-order valence-electron chi connectivity index (χ0n) is 13.7. The molecule has 0 saturated heterocycles. The number of aromatic nitrogens is 3. The van der Waals surface area contributed by atoms with E-state index in [0.717, 1.165) is 37.4 Å². The average Bonchev–Trinajstić information content (AvgIpc) is 3.09. The molecule has 1 aliphatic heterocycles. The van der Waals surface area contributed by atoms with Crippen LogP contribution in [0.25, 0.3) is 5.65 Å². The van der Waals surface area contributed by atoms with Crippen molar-refractivity contribution in [1.29, 1.82) is 5.26 Å². The molecular formula is C16H22N6. The van der Waals surface area contributed by atoms with Crippen molar-refractivity contribution in [2.24, 2.45) is 0 Å². The summed E-state index contributed by atoms with van der Waals surface area (Å²) in [6.07, 6.45) is 3.70. The molecule has 1 unspecified atom stereocenters. The van der Waals surface area contributed by atoms with E-state index in [4.69, 9.17) is 4.98 Å². The van der Waals surface area contributed by atoms with Gasteiger partial charge in [0.05, 0.1) is 11.9 Å². The summed E-state index contributed by atoms with van der Waals surface area (Å²) < 4.78 is 1.85. The van der Waals surface area contributed by atoms with Crippen molar-refractivity contribution >= 4 is 11.5 Å². The lowest BCUT2D eigenvalue weighted by atomic mass is 10.1. The van der Waals surface area contributed by atoms with Crippen LogP contribution >= 0.6 is 0 Å². The summed E-state index contributed by atoms with van der Waals surface area (Å²) in [6.45, 7) is 6.21. The maximum Gasteiger partial charge on any atom is 0.175 e. The Kier molecular flexibility index (Phi) is 3.75. The van der Waals surface area contributed by atoms with Crippen LogP contribution in [0, 0.1) is 11.3 Å². The van der Waals surface area contributed by atoms with Crippen LogP contribution < -0.4 is 4.90 Å². The molecule has 0 spiro atoms. The lowest BCUT2D eigenvalue weighted by molar-refractivity contribution is 0.395. The Morgan fingerprint density at radius 3 is 2.86 bits per heavy atom. The van der Waals surface area contributed by atoms with Crippen molar-refractivity contribution in [1.82, 2.24) is 19.5 Å². The van der Waals surface area contributed by atoms with Crippen LogP contribution in [0.5, 0.6) is 0 Å². The highest BCUT2D eigenvalue weighted by molar-refractivity contribution is 5.65. The molecule has 1 atom stereocenters. The molecule has 2 aromatic heterocycles. The van der Waals surface area contributed by atoms with E-state index < -0.39 is 0 Å². The molecule has 22 heavy (non-hydrogen) atoms. The molecule has 2 aromatic rings. The predicted octanol–water partition coefficient (Wildman–Crippen LogP) is 1.82. The summed E-state index contributed by atoms with van der Waals surface area (Å²) in [5.74, 6) is 1.12. The summed E-state index contributed by atoms with van der Waals surface area (Å²) >= 11 is 0. The van der Waals surface area contributed by atoms with Gasteiger partial charge in [0.25, 0.3) is 0 Å². The minimum absolute atomic E-state index is 0.453. The molecule has 0 radical (unpaired) electrons. The van der Waals surface area contributed by atoms with E-state index in [0.29, 0.717) is 17.3 Å². The number of nitriles is 1. The third-order valence-electron chi connectivity index (χ3n) is 4.39. The molecule has 0 amide bonds. The van der Waals surface area contributed by atoms with Crippen LogP contribution in [0.3, 0.4) is 0 Å². The van der Waals surface area contributed by atoms with Gasteiger partial charge in [0.2, 0.25) is 0 Å². The van der Waals surface area contributed by atoms with E-state index in [9.17, 15) is 5.26 Å². The minimum Gasteiger partial charge on any atom is -0.353 e. The molecule has 116 valence electrons. The number of hydrogen-bond acceptors (Lipinski definition) is 5. The van der Waals surface area contributed by atoms with Gasteiger partial charge in [0, 0.05) is 24.7 Å². The van der Waals surface area contributed by atoms with Gasteiger partial charge in [-0.2, -0.15) is 14.9 Å². The summed E-state index contributed by atoms with van der Waals surface area (Å²) in [5, 5.41) is 13.7. The maximum absolute atomic E-state index is 9.30. The molecule has 6 heteroatoms. The Balaban J connectivity index is 2.24. The number of nitrogens with zero attached hydrogens (tertiary/aromatic N) is 6. The van der Waals surface area contributed by atoms with Crippen LogP contribution in [0.15, 0.2) is 6.20 Å². The third-order valence-corrected chi connectivity index (χ3v) is 4.39.